The maximum absolute atomic E-state index is 9.92. The molecule has 1 heterocycles. The molecule has 1 aliphatic heterocycles. The third-order valence-corrected chi connectivity index (χ3v) is 3.82. The van der Waals surface area contributed by atoms with E-state index in [0.717, 1.165) is 24.3 Å². The van der Waals surface area contributed by atoms with Crippen molar-refractivity contribution in [3.63, 3.8) is 0 Å². The van der Waals surface area contributed by atoms with Crippen molar-refractivity contribution in [3.8, 4) is 6.07 Å². The van der Waals surface area contributed by atoms with Gasteiger partial charge >= 0.3 is 0 Å². The summed E-state index contributed by atoms with van der Waals surface area (Å²) in [6.45, 7) is 8.30. The molecule has 19 heavy (non-hydrogen) atoms. The molecule has 3 atom stereocenters. The lowest BCUT2D eigenvalue weighted by molar-refractivity contribution is 0.199. The predicted molar refractivity (Wildman–Crippen MR) is 76.9 cm³/mol. The van der Waals surface area contributed by atoms with Crippen LogP contribution in [0, 0.1) is 23.2 Å². The van der Waals surface area contributed by atoms with E-state index in [1.54, 1.807) is 13.0 Å². The van der Waals surface area contributed by atoms with Crippen LogP contribution in [0.3, 0.4) is 0 Å². The summed E-state index contributed by atoms with van der Waals surface area (Å²) in [5.74, 6) is 1.30. The number of piperidine rings is 1. The van der Waals surface area contributed by atoms with E-state index in [4.69, 9.17) is 5.26 Å². The van der Waals surface area contributed by atoms with Crippen molar-refractivity contribution in [3.05, 3.63) is 29.3 Å². The van der Waals surface area contributed by atoms with Gasteiger partial charge in [-0.05, 0) is 37.3 Å². The summed E-state index contributed by atoms with van der Waals surface area (Å²) in [5, 5.41) is 19.0. The van der Waals surface area contributed by atoms with Gasteiger partial charge in [-0.3, -0.25) is 0 Å². The standard InChI is InChI=1S/C16H22N2O/c1-11-6-12(2)10-18(9-11)16-7-14(8-17)4-5-15(16)13(3)19/h4-5,7,11-13,19H,6,9-10H2,1-3H3/t11?,12?,13-/m0/s1. The first kappa shape index (κ1) is 13.9. The summed E-state index contributed by atoms with van der Waals surface area (Å²) >= 11 is 0. The molecule has 1 N–H and O–H groups in total. The number of benzene rings is 1. The molecule has 1 fully saturated rings. The molecule has 3 nitrogen and oxygen atoms in total. The van der Waals surface area contributed by atoms with Gasteiger partial charge in [-0.2, -0.15) is 5.26 Å². The number of anilines is 1. The minimum Gasteiger partial charge on any atom is -0.389 e. The summed E-state index contributed by atoms with van der Waals surface area (Å²) in [4.78, 5) is 2.32. The maximum atomic E-state index is 9.92. The van der Waals surface area contributed by atoms with Crippen molar-refractivity contribution in [2.75, 3.05) is 18.0 Å². The van der Waals surface area contributed by atoms with Gasteiger partial charge in [0.15, 0.2) is 0 Å². The zero-order valence-corrected chi connectivity index (χ0v) is 11.9. The number of rotatable bonds is 2. The van der Waals surface area contributed by atoms with Crippen LogP contribution in [-0.4, -0.2) is 18.2 Å². The first-order chi connectivity index (χ1) is 9.01. The van der Waals surface area contributed by atoms with Gasteiger partial charge in [0.2, 0.25) is 0 Å². The second kappa shape index (κ2) is 5.63. The molecule has 1 saturated heterocycles. The molecule has 0 amide bonds. The van der Waals surface area contributed by atoms with E-state index in [0.29, 0.717) is 17.4 Å². The quantitative estimate of drug-likeness (QED) is 0.886. The second-order valence-corrected chi connectivity index (χ2v) is 5.91. The third-order valence-electron chi connectivity index (χ3n) is 3.82. The molecule has 0 saturated carbocycles. The fourth-order valence-corrected chi connectivity index (χ4v) is 3.10. The van der Waals surface area contributed by atoms with Crippen LogP contribution in [0.25, 0.3) is 0 Å². The summed E-state index contributed by atoms with van der Waals surface area (Å²) in [6.07, 6.45) is 0.744. The van der Waals surface area contributed by atoms with Gasteiger partial charge < -0.3 is 10.0 Å². The van der Waals surface area contributed by atoms with Crippen LogP contribution in [0.15, 0.2) is 18.2 Å². The Balaban J connectivity index is 2.38. The molecular formula is C16H22N2O. The van der Waals surface area contributed by atoms with Gasteiger partial charge in [-0.15, -0.1) is 0 Å². The van der Waals surface area contributed by atoms with Gasteiger partial charge in [0, 0.05) is 24.3 Å². The Bertz CT molecular complexity index is 480. The number of hydrogen-bond donors (Lipinski definition) is 1. The summed E-state index contributed by atoms with van der Waals surface area (Å²) < 4.78 is 0. The van der Waals surface area contributed by atoms with Gasteiger partial charge in [-0.25, -0.2) is 0 Å². The van der Waals surface area contributed by atoms with Crippen LogP contribution < -0.4 is 4.90 Å². The minimum absolute atomic E-state index is 0.504. The Kier molecular flexibility index (Phi) is 4.11. The van der Waals surface area contributed by atoms with E-state index in [2.05, 4.69) is 24.8 Å². The first-order valence-corrected chi connectivity index (χ1v) is 6.98. The Hall–Kier alpha value is -1.53. The van der Waals surface area contributed by atoms with Crippen molar-refractivity contribution in [1.82, 2.24) is 0 Å². The average Bonchev–Trinajstić information content (AvgIpc) is 2.36. The number of aliphatic hydroxyl groups excluding tert-OH is 1. The van der Waals surface area contributed by atoms with Crippen LogP contribution >= 0.6 is 0 Å². The van der Waals surface area contributed by atoms with Gasteiger partial charge in [-0.1, -0.05) is 19.9 Å². The molecule has 0 bridgehead atoms. The smallest absolute Gasteiger partial charge is 0.0992 e. The van der Waals surface area contributed by atoms with E-state index >= 15 is 0 Å². The molecule has 1 aromatic carbocycles. The summed E-state index contributed by atoms with van der Waals surface area (Å²) in [7, 11) is 0. The van der Waals surface area contributed by atoms with Crippen LogP contribution in [0.4, 0.5) is 5.69 Å². The highest BCUT2D eigenvalue weighted by molar-refractivity contribution is 5.58. The molecule has 0 aliphatic carbocycles. The lowest BCUT2D eigenvalue weighted by atomic mass is 9.90. The monoisotopic (exact) mass is 258 g/mol. The fraction of sp³-hybridized carbons (Fsp3) is 0.562. The lowest BCUT2D eigenvalue weighted by Gasteiger charge is -2.38. The highest BCUT2D eigenvalue weighted by Gasteiger charge is 2.24. The van der Waals surface area contributed by atoms with Crippen LogP contribution in [-0.2, 0) is 0 Å². The van der Waals surface area contributed by atoms with Crippen molar-refractivity contribution < 1.29 is 5.11 Å². The molecule has 3 heteroatoms. The molecule has 0 spiro atoms. The van der Waals surface area contributed by atoms with E-state index in [1.165, 1.54) is 6.42 Å². The van der Waals surface area contributed by atoms with Gasteiger partial charge in [0.1, 0.15) is 0 Å². The minimum atomic E-state index is -0.504. The normalized spacial score (nSPS) is 24.9. The first-order valence-electron chi connectivity index (χ1n) is 6.98. The molecule has 0 radical (unpaired) electrons. The zero-order valence-electron chi connectivity index (χ0n) is 11.9. The van der Waals surface area contributed by atoms with E-state index in [9.17, 15) is 5.11 Å². The Morgan fingerprint density at radius 1 is 1.32 bits per heavy atom. The van der Waals surface area contributed by atoms with Crippen LogP contribution in [0.5, 0.6) is 0 Å². The number of nitrogens with zero attached hydrogens (tertiary/aromatic N) is 2. The topological polar surface area (TPSA) is 47.3 Å². The molecule has 102 valence electrons. The lowest BCUT2D eigenvalue weighted by Crippen LogP contribution is -2.39. The van der Waals surface area contributed by atoms with Gasteiger partial charge in [0.05, 0.1) is 17.7 Å². The van der Waals surface area contributed by atoms with Crippen LogP contribution in [0.1, 0.15) is 44.4 Å². The largest absolute Gasteiger partial charge is 0.389 e. The van der Waals surface area contributed by atoms with Crippen molar-refractivity contribution >= 4 is 5.69 Å². The maximum Gasteiger partial charge on any atom is 0.0992 e. The van der Waals surface area contributed by atoms with Crippen molar-refractivity contribution in [2.24, 2.45) is 11.8 Å². The molecule has 0 aromatic heterocycles. The SMILES string of the molecule is CC1CC(C)CN(c2cc(C#N)ccc2[C@H](C)O)C1. The molecule has 2 rings (SSSR count). The van der Waals surface area contributed by atoms with Crippen molar-refractivity contribution in [1.29, 1.82) is 5.26 Å². The highest BCUT2D eigenvalue weighted by atomic mass is 16.3. The predicted octanol–water partition coefficient (Wildman–Crippen LogP) is 3.09. The Labute approximate surface area is 115 Å². The second-order valence-electron chi connectivity index (χ2n) is 5.91. The van der Waals surface area contributed by atoms with Crippen molar-refractivity contribution in [2.45, 2.75) is 33.3 Å². The number of aliphatic hydroxyl groups is 1. The molecular weight excluding hydrogens is 236 g/mol. The third kappa shape index (κ3) is 3.08. The number of hydrogen-bond acceptors (Lipinski definition) is 3. The highest BCUT2D eigenvalue weighted by Crippen LogP contribution is 2.32. The Morgan fingerprint density at radius 2 is 1.95 bits per heavy atom. The van der Waals surface area contributed by atoms with Crippen LogP contribution in [0.2, 0.25) is 0 Å². The average molecular weight is 258 g/mol. The van der Waals surface area contributed by atoms with E-state index in [-0.39, 0.29) is 0 Å². The zero-order chi connectivity index (χ0) is 14.0. The van der Waals surface area contributed by atoms with Gasteiger partial charge in [0.25, 0.3) is 0 Å². The van der Waals surface area contributed by atoms with E-state index < -0.39 is 6.10 Å². The summed E-state index contributed by atoms with van der Waals surface area (Å²) in [6, 6.07) is 7.75. The van der Waals surface area contributed by atoms with E-state index in [1.807, 2.05) is 12.1 Å². The Morgan fingerprint density at radius 3 is 2.47 bits per heavy atom. The fourth-order valence-electron chi connectivity index (χ4n) is 3.10. The number of nitriles is 1. The molecule has 1 aromatic rings. The molecule has 1 aliphatic rings. The summed E-state index contributed by atoms with van der Waals surface area (Å²) in [5.41, 5.74) is 2.60. The molecule has 2 unspecified atom stereocenters.